The number of hydrogen-bond donors (Lipinski definition) is 0. The van der Waals surface area contributed by atoms with Crippen LogP contribution in [0.5, 0.6) is 0 Å². The van der Waals surface area contributed by atoms with E-state index in [0.29, 0.717) is 17.5 Å². The van der Waals surface area contributed by atoms with Crippen molar-refractivity contribution in [3.63, 3.8) is 0 Å². The van der Waals surface area contributed by atoms with Crippen molar-refractivity contribution in [1.82, 2.24) is 15.0 Å². The topological polar surface area (TPSA) is 38.7 Å². The van der Waals surface area contributed by atoms with Gasteiger partial charge in [-0.2, -0.15) is 0 Å². The van der Waals surface area contributed by atoms with Crippen LogP contribution in [0.1, 0.15) is 0 Å². The molecule has 0 atom stereocenters. The molecular formula is C45H29N3S. The lowest BCUT2D eigenvalue weighted by molar-refractivity contribution is 1.07. The van der Waals surface area contributed by atoms with Gasteiger partial charge in [-0.3, -0.25) is 0 Å². The second-order valence-electron chi connectivity index (χ2n) is 12.1. The van der Waals surface area contributed by atoms with Crippen molar-refractivity contribution in [2.75, 3.05) is 0 Å². The van der Waals surface area contributed by atoms with Gasteiger partial charge in [0.1, 0.15) is 0 Å². The van der Waals surface area contributed by atoms with Gasteiger partial charge in [0.15, 0.2) is 17.5 Å². The molecule has 0 unspecified atom stereocenters. The van der Waals surface area contributed by atoms with Crippen LogP contribution in [0.2, 0.25) is 0 Å². The molecule has 0 aliphatic carbocycles. The van der Waals surface area contributed by atoms with Crippen molar-refractivity contribution in [2.24, 2.45) is 0 Å². The van der Waals surface area contributed by atoms with Crippen LogP contribution in [0.25, 0.3) is 87.7 Å². The van der Waals surface area contributed by atoms with Crippen LogP contribution in [0, 0.1) is 0 Å². The number of hydrogen-bond acceptors (Lipinski definition) is 4. The summed E-state index contributed by atoms with van der Waals surface area (Å²) in [7, 11) is 0. The molecule has 9 rings (SSSR count). The maximum atomic E-state index is 5.07. The zero-order valence-electron chi connectivity index (χ0n) is 26.5. The van der Waals surface area contributed by atoms with E-state index < -0.39 is 0 Å². The quantitative estimate of drug-likeness (QED) is 0.181. The maximum absolute atomic E-state index is 5.07. The van der Waals surface area contributed by atoms with E-state index in [1.54, 1.807) is 0 Å². The lowest BCUT2D eigenvalue weighted by atomic mass is 9.93. The standard InChI is InChI=1S/C45H29N3S/c1-4-14-30(15-5-1)35-27-36(33-20-12-21-34(26-33)38-23-13-24-40-39-22-10-11-25-41(39)49-42(38)40)29-37(28-35)45-47-43(31-16-6-2-7-17-31)46-44(48-45)32-18-8-3-9-19-32/h1-29H. The van der Waals surface area contributed by atoms with Crippen LogP contribution in [-0.4, -0.2) is 15.0 Å². The molecule has 0 radical (unpaired) electrons. The molecule has 0 saturated heterocycles. The Hall–Kier alpha value is -6.23. The molecule has 0 spiro atoms. The van der Waals surface area contributed by atoms with Gasteiger partial charge in [0.2, 0.25) is 0 Å². The first-order chi connectivity index (χ1) is 24.3. The van der Waals surface area contributed by atoms with Gasteiger partial charge < -0.3 is 0 Å². The Morgan fingerprint density at radius 1 is 0.306 bits per heavy atom. The number of benzene rings is 7. The summed E-state index contributed by atoms with van der Waals surface area (Å²) < 4.78 is 2.62. The molecule has 0 bridgehead atoms. The van der Waals surface area contributed by atoms with Gasteiger partial charge in [-0.05, 0) is 63.7 Å². The average molecular weight is 644 g/mol. The number of nitrogens with zero attached hydrogens (tertiary/aromatic N) is 3. The summed E-state index contributed by atoms with van der Waals surface area (Å²) in [4.78, 5) is 15.1. The number of fused-ring (bicyclic) bond motifs is 3. The van der Waals surface area contributed by atoms with E-state index in [-0.39, 0.29) is 0 Å². The first-order valence-corrected chi connectivity index (χ1v) is 17.2. The number of thiophene rings is 1. The van der Waals surface area contributed by atoms with Gasteiger partial charge in [-0.1, -0.05) is 146 Å². The molecule has 0 amide bonds. The fourth-order valence-corrected chi connectivity index (χ4v) is 7.74. The summed E-state index contributed by atoms with van der Waals surface area (Å²) in [6, 6.07) is 61.7. The smallest absolute Gasteiger partial charge is 0.164 e. The molecule has 2 heterocycles. The Morgan fingerprint density at radius 3 is 1.43 bits per heavy atom. The van der Waals surface area contributed by atoms with E-state index in [1.165, 1.54) is 31.3 Å². The van der Waals surface area contributed by atoms with E-state index in [0.717, 1.165) is 38.9 Å². The Kier molecular flexibility index (Phi) is 7.34. The summed E-state index contributed by atoms with van der Waals surface area (Å²) >= 11 is 1.86. The minimum absolute atomic E-state index is 0.637. The van der Waals surface area contributed by atoms with Crippen molar-refractivity contribution >= 4 is 31.5 Å². The largest absolute Gasteiger partial charge is 0.208 e. The second kappa shape index (κ2) is 12.4. The molecule has 0 fully saturated rings. The molecule has 3 nitrogen and oxygen atoms in total. The summed E-state index contributed by atoms with van der Waals surface area (Å²) in [5, 5.41) is 2.61. The van der Waals surface area contributed by atoms with E-state index in [9.17, 15) is 0 Å². The highest BCUT2D eigenvalue weighted by atomic mass is 32.1. The predicted octanol–water partition coefficient (Wildman–Crippen LogP) is 12.2. The summed E-state index contributed by atoms with van der Waals surface area (Å²) in [5.41, 5.74) is 9.75. The maximum Gasteiger partial charge on any atom is 0.164 e. The molecule has 0 aliphatic rings. The Balaban J connectivity index is 1.23. The van der Waals surface area contributed by atoms with Crippen LogP contribution < -0.4 is 0 Å². The molecule has 4 heteroatoms. The van der Waals surface area contributed by atoms with E-state index in [2.05, 4.69) is 115 Å². The van der Waals surface area contributed by atoms with Crippen molar-refractivity contribution in [3.05, 3.63) is 176 Å². The number of rotatable bonds is 6. The van der Waals surface area contributed by atoms with Gasteiger partial charge in [0.05, 0.1) is 0 Å². The van der Waals surface area contributed by atoms with Crippen molar-refractivity contribution in [3.8, 4) is 67.5 Å². The van der Waals surface area contributed by atoms with Gasteiger partial charge in [-0.25, -0.2) is 15.0 Å². The molecule has 0 saturated carbocycles. The summed E-state index contributed by atoms with van der Waals surface area (Å²) in [5.74, 6) is 1.93. The normalized spacial score (nSPS) is 11.3. The third-order valence-corrected chi connectivity index (χ3v) is 10.1. The fourth-order valence-electron chi connectivity index (χ4n) is 6.50. The minimum atomic E-state index is 0.637. The Morgan fingerprint density at radius 2 is 0.755 bits per heavy atom. The molecule has 2 aromatic heterocycles. The first kappa shape index (κ1) is 29.0. The van der Waals surface area contributed by atoms with Crippen LogP contribution in [-0.2, 0) is 0 Å². The van der Waals surface area contributed by atoms with Crippen LogP contribution in [0.15, 0.2) is 176 Å². The first-order valence-electron chi connectivity index (χ1n) is 16.4. The SMILES string of the molecule is c1ccc(-c2cc(-c3cccc(-c4cccc5c4sc4ccccc45)c3)cc(-c3nc(-c4ccccc4)nc(-c4ccccc4)n3)c2)cc1. The fraction of sp³-hybridized carbons (Fsp3) is 0. The van der Waals surface area contributed by atoms with Gasteiger partial charge in [-0.15, -0.1) is 11.3 Å². The predicted molar refractivity (Wildman–Crippen MR) is 205 cm³/mol. The van der Waals surface area contributed by atoms with Crippen LogP contribution >= 0.6 is 11.3 Å². The van der Waals surface area contributed by atoms with E-state index >= 15 is 0 Å². The third-order valence-electron chi connectivity index (χ3n) is 8.91. The van der Waals surface area contributed by atoms with E-state index in [1.807, 2.05) is 72.0 Å². The second-order valence-corrected chi connectivity index (χ2v) is 13.1. The molecular weight excluding hydrogens is 615 g/mol. The minimum Gasteiger partial charge on any atom is -0.208 e. The van der Waals surface area contributed by atoms with Crippen LogP contribution in [0.4, 0.5) is 0 Å². The van der Waals surface area contributed by atoms with Gasteiger partial charge >= 0.3 is 0 Å². The lowest BCUT2D eigenvalue weighted by Crippen LogP contribution is -2.00. The monoisotopic (exact) mass is 643 g/mol. The summed E-state index contributed by atoms with van der Waals surface area (Å²) in [6.45, 7) is 0. The van der Waals surface area contributed by atoms with Gasteiger partial charge in [0.25, 0.3) is 0 Å². The Bertz CT molecular complexity index is 2540. The molecule has 0 aliphatic heterocycles. The lowest BCUT2D eigenvalue weighted by Gasteiger charge is -2.13. The van der Waals surface area contributed by atoms with Crippen molar-refractivity contribution in [2.45, 2.75) is 0 Å². The molecule has 230 valence electrons. The zero-order valence-corrected chi connectivity index (χ0v) is 27.3. The molecule has 9 aromatic rings. The third kappa shape index (κ3) is 5.58. The van der Waals surface area contributed by atoms with E-state index in [4.69, 9.17) is 15.0 Å². The zero-order chi connectivity index (χ0) is 32.6. The van der Waals surface area contributed by atoms with Gasteiger partial charge in [0, 0.05) is 36.9 Å². The van der Waals surface area contributed by atoms with Crippen molar-refractivity contribution in [1.29, 1.82) is 0 Å². The highest BCUT2D eigenvalue weighted by Crippen LogP contribution is 2.41. The molecule has 49 heavy (non-hydrogen) atoms. The molecule has 0 N–H and O–H groups in total. The molecule has 7 aromatic carbocycles. The number of aromatic nitrogens is 3. The highest BCUT2D eigenvalue weighted by molar-refractivity contribution is 7.26. The van der Waals surface area contributed by atoms with Crippen molar-refractivity contribution < 1.29 is 0 Å². The Labute approximate surface area is 288 Å². The van der Waals surface area contributed by atoms with Crippen LogP contribution in [0.3, 0.4) is 0 Å². The summed E-state index contributed by atoms with van der Waals surface area (Å²) in [6.07, 6.45) is 0. The highest BCUT2D eigenvalue weighted by Gasteiger charge is 2.16. The average Bonchev–Trinajstić information content (AvgIpc) is 3.58.